The molecule has 0 spiro atoms. The standard InChI is InChI=1S/C36H49N3O3/c1-5-31-16-26(4)11-14-34(31)37-35(40)20-30(19-33-21-36(38-42-33)41-24-27-9-7-6-8-10-27)23-39(32-12-13-32)22-29-17-28(18-29)15-25(2)3/h6-11,14,16,21,25,28-30,32H,5,12-13,15,17-20,22-24H2,1-4H3,(H,37,40). The van der Waals surface area contributed by atoms with Gasteiger partial charge in [0, 0.05) is 43.7 Å². The molecular weight excluding hydrogens is 522 g/mol. The van der Waals surface area contributed by atoms with Gasteiger partial charge in [0.05, 0.1) is 0 Å². The average molecular weight is 572 g/mol. The van der Waals surface area contributed by atoms with Crippen LogP contribution in [0.5, 0.6) is 5.88 Å². The summed E-state index contributed by atoms with van der Waals surface area (Å²) < 4.78 is 11.6. The van der Waals surface area contributed by atoms with E-state index in [1.807, 2.05) is 42.5 Å². The number of rotatable bonds is 16. The van der Waals surface area contributed by atoms with Crippen LogP contribution in [0.1, 0.15) is 81.7 Å². The molecule has 2 aliphatic rings. The zero-order valence-electron chi connectivity index (χ0n) is 26.0. The summed E-state index contributed by atoms with van der Waals surface area (Å²) in [7, 11) is 0. The maximum Gasteiger partial charge on any atom is 0.254 e. The highest BCUT2D eigenvalue weighted by Crippen LogP contribution is 2.40. The Morgan fingerprint density at radius 3 is 2.60 bits per heavy atom. The van der Waals surface area contributed by atoms with Crippen LogP contribution in [0.3, 0.4) is 0 Å². The number of hydrogen-bond donors (Lipinski definition) is 1. The van der Waals surface area contributed by atoms with E-state index in [0.717, 1.165) is 54.3 Å². The number of benzene rings is 2. The van der Waals surface area contributed by atoms with Crippen LogP contribution >= 0.6 is 0 Å². The van der Waals surface area contributed by atoms with Crippen LogP contribution in [-0.2, 0) is 24.2 Å². The van der Waals surface area contributed by atoms with Gasteiger partial charge in [0.25, 0.3) is 5.88 Å². The first-order chi connectivity index (χ1) is 20.3. The van der Waals surface area contributed by atoms with Crippen molar-refractivity contribution in [3.8, 4) is 5.88 Å². The van der Waals surface area contributed by atoms with E-state index < -0.39 is 0 Å². The Hall–Kier alpha value is -3.12. The number of ether oxygens (including phenoxy) is 1. The van der Waals surface area contributed by atoms with Gasteiger partial charge < -0.3 is 14.6 Å². The molecule has 6 nitrogen and oxygen atoms in total. The van der Waals surface area contributed by atoms with Crippen LogP contribution in [0.25, 0.3) is 0 Å². The van der Waals surface area contributed by atoms with Crippen molar-refractivity contribution >= 4 is 11.6 Å². The van der Waals surface area contributed by atoms with E-state index in [1.54, 1.807) is 0 Å². The second-order valence-electron chi connectivity index (χ2n) is 13.3. The van der Waals surface area contributed by atoms with E-state index in [4.69, 9.17) is 9.26 Å². The maximum absolute atomic E-state index is 13.4. The summed E-state index contributed by atoms with van der Waals surface area (Å²) in [5, 5.41) is 7.41. The summed E-state index contributed by atoms with van der Waals surface area (Å²) in [5.41, 5.74) is 4.40. The van der Waals surface area contributed by atoms with Crippen LogP contribution in [0, 0.1) is 30.6 Å². The number of carbonyl (C=O) groups excluding carboxylic acids is 1. The highest BCUT2D eigenvalue weighted by molar-refractivity contribution is 5.91. The Balaban J connectivity index is 1.24. The molecule has 1 amide bonds. The van der Waals surface area contributed by atoms with Crippen LogP contribution < -0.4 is 10.1 Å². The van der Waals surface area contributed by atoms with Crippen molar-refractivity contribution in [3.05, 3.63) is 77.0 Å². The summed E-state index contributed by atoms with van der Waals surface area (Å²) in [5.74, 6) is 3.92. The third-order valence-corrected chi connectivity index (χ3v) is 8.83. The lowest BCUT2D eigenvalue weighted by atomic mass is 9.71. The van der Waals surface area contributed by atoms with Gasteiger partial charge in [0.2, 0.25) is 5.91 Å². The molecule has 1 N–H and O–H groups in total. The molecule has 0 bridgehead atoms. The van der Waals surface area contributed by atoms with Crippen LogP contribution in [0.2, 0.25) is 0 Å². The van der Waals surface area contributed by atoms with Crippen molar-refractivity contribution in [1.29, 1.82) is 0 Å². The number of aryl methyl sites for hydroxylation is 2. The second-order valence-corrected chi connectivity index (χ2v) is 13.3. The molecule has 2 fully saturated rings. The summed E-state index contributed by atoms with van der Waals surface area (Å²) in [4.78, 5) is 16.1. The van der Waals surface area contributed by atoms with Crippen molar-refractivity contribution in [3.63, 3.8) is 0 Å². The van der Waals surface area contributed by atoms with Crippen molar-refractivity contribution in [2.24, 2.45) is 23.7 Å². The lowest BCUT2D eigenvalue weighted by Crippen LogP contribution is -2.41. The predicted octanol–water partition coefficient (Wildman–Crippen LogP) is 7.85. The summed E-state index contributed by atoms with van der Waals surface area (Å²) in [6.07, 6.45) is 8.58. The Morgan fingerprint density at radius 2 is 1.88 bits per heavy atom. The molecule has 1 heterocycles. The highest BCUT2D eigenvalue weighted by Gasteiger charge is 2.37. The summed E-state index contributed by atoms with van der Waals surface area (Å²) >= 11 is 0. The van der Waals surface area contributed by atoms with Crippen LogP contribution in [-0.4, -0.2) is 35.1 Å². The normalized spacial score (nSPS) is 19.1. The number of anilines is 1. The number of nitrogens with zero attached hydrogens (tertiary/aromatic N) is 2. The van der Waals surface area contributed by atoms with Gasteiger partial charge in [0.1, 0.15) is 12.4 Å². The molecule has 0 aliphatic heterocycles. The van der Waals surface area contributed by atoms with Gasteiger partial charge in [0.15, 0.2) is 0 Å². The van der Waals surface area contributed by atoms with Gasteiger partial charge in [-0.15, -0.1) is 0 Å². The molecule has 226 valence electrons. The molecule has 1 aromatic heterocycles. The molecule has 1 unspecified atom stereocenters. The monoisotopic (exact) mass is 571 g/mol. The minimum absolute atomic E-state index is 0.0648. The average Bonchev–Trinajstić information content (AvgIpc) is 3.70. The van der Waals surface area contributed by atoms with Crippen molar-refractivity contribution < 1.29 is 14.1 Å². The molecule has 1 atom stereocenters. The molecule has 42 heavy (non-hydrogen) atoms. The number of carbonyl (C=O) groups is 1. The lowest BCUT2D eigenvalue weighted by Gasteiger charge is -2.40. The highest BCUT2D eigenvalue weighted by atomic mass is 16.5. The van der Waals surface area contributed by atoms with Crippen molar-refractivity contribution in [2.45, 2.75) is 91.7 Å². The third kappa shape index (κ3) is 8.94. The number of nitrogens with one attached hydrogen (secondary N) is 1. The topological polar surface area (TPSA) is 67.6 Å². The molecule has 6 heteroatoms. The Kier molecular flexibility index (Phi) is 10.4. The molecular formula is C36H49N3O3. The van der Waals surface area contributed by atoms with Crippen LogP contribution in [0.15, 0.2) is 59.1 Å². The van der Waals surface area contributed by atoms with Gasteiger partial charge in [-0.2, -0.15) is 0 Å². The SMILES string of the molecule is CCc1cc(C)ccc1NC(=O)CC(Cc1cc(OCc2ccccc2)no1)CN(CC1CC(CC(C)C)C1)C1CC1. The first-order valence-electron chi connectivity index (χ1n) is 16.1. The van der Waals surface area contributed by atoms with E-state index in [0.29, 0.717) is 31.4 Å². The third-order valence-electron chi connectivity index (χ3n) is 8.83. The molecule has 3 aromatic rings. The van der Waals surface area contributed by atoms with Crippen LogP contribution in [0.4, 0.5) is 5.69 Å². The van der Waals surface area contributed by atoms with Gasteiger partial charge >= 0.3 is 0 Å². The van der Waals surface area contributed by atoms with Gasteiger partial charge in [-0.3, -0.25) is 9.69 Å². The maximum atomic E-state index is 13.4. The largest absolute Gasteiger partial charge is 0.471 e. The fourth-order valence-electron chi connectivity index (χ4n) is 6.63. The van der Waals surface area contributed by atoms with Crippen molar-refractivity contribution in [1.82, 2.24) is 10.1 Å². The molecule has 2 aliphatic carbocycles. The summed E-state index contributed by atoms with van der Waals surface area (Å²) in [6.45, 7) is 11.4. The van der Waals surface area contributed by atoms with E-state index in [1.165, 1.54) is 43.2 Å². The first-order valence-corrected chi connectivity index (χ1v) is 16.1. The minimum Gasteiger partial charge on any atom is -0.471 e. The van der Waals surface area contributed by atoms with E-state index in [2.05, 4.69) is 55.2 Å². The zero-order valence-corrected chi connectivity index (χ0v) is 26.0. The molecule has 0 saturated heterocycles. The first kappa shape index (κ1) is 30.3. The van der Waals surface area contributed by atoms with E-state index in [-0.39, 0.29) is 11.8 Å². The Labute approximate surface area is 252 Å². The number of amides is 1. The van der Waals surface area contributed by atoms with Gasteiger partial charge in [-0.25, -0.2) is 0 Å². The molecule has 5 rings (SSSR count). The minimum atomic E-state index is 0.0648. The molecule has 2 aromatic carbocycles. The second kappa shape index (κ2) is 14.4. The molecule has 2 saturated carbocycles. The molecule has 0 radical (unpaired) electrons. The quantitative estimate of drug-likeness (QED) is 0.190. The predicted molar refractivity (Wildman–Crippen MR) is 169 cm³/mol. The smallest absolute Gasteiger partial charge is 0.254 e. The fourth-order valence-corrected chi connectivity index (χ4v) is 6.63. The summed E-state index contributed by atoms with van der Waals surface area (Å²) in [6, 6.07) is 18.9. The van der Waals surface area contributed by atoms with Crippen molar-refractivity contribution in [2.75, 3.05) is 18.4 Å². The number of aromatic nitrogens is 1. The Morgan fingerprint density at radius 1 is 1.10 bits per heavy atom. The lowest BCUT2D eigenvalue weighted by molar-refractivity contribution is -0.117. The number of hydrogen-bond acceptors (Lipinski definition) is 5. The fraction of sp³-hybridized carbons (Fsp3) is 0.556. The van der Waals surface area contributed by atoms with Gasteiger partial charge in [-0.1, -0.05) is 68.8 Å². The van der Waals surface area contributed by atoms with Gasteiger partial charge in [-0.05, 0) is 91.5 Å². The zero-order chi connectivity index (χ0) is 29.5. The Bertz CT molecular complexity index is 1280. The van der Waals surface area contributed by atoms with E-state index in [9.17, 15) is 4.79 Å². The van der Waals surface area contributed by atoms with E-state index >= 15 is 0 Å².